The summed E-state index contributed by atoms with van der Waals surface area (Å²) in [6.07, 6.45) is -1.30. The van der Waals surface area contributed by atoms with Gasteiger partial charge in [0.25, 0.3) is 0 Å². The first-order valence-electron chi connectivity index (χ1n) is 6.35. The van der Waals surface area contributed by atoms with E-state index in [1.807, 2.05) is 24.0 Å². The average molecular weight is 267 g/mol. The second kappa shape index (κ2) is 5.77. The van der Waals surface area contributed by atoms with E-state index in [-0.39, 0.29) is 0 Å². The van der Waals surface area contributed by atoms with Crippen molar-refractivity contribution >= 4 is 0 Å². The summed E-state index contributed by atoms with van der Waals surface area (Å²) in [4.78, 5) is 2.03. The third kappa shape index (κ3) is 3.00. The Kier molecular flexibility index (Phi) is 4.29. The number of hydrogen-bond donors (Lipinski definition) is 2. The number of aryl methyl sites for hydroxylation is 1. The van der Waals surface area contributed by atoms with Crippen LogP contribution in [0.5, 0.6) is 11.5 Å². The normalized spacial score (nSPS) is 23.6. The van der Waals surface area contributed by atoms with Gasteiger partial charge in [-0.05, 0) is 30.2 Å². The highest BCUT2D eigenvalue weighted by Crippen LogP contribution is 2.31. The number of nitrogens with zero attached hydrogens (tertiary/aromatic N) is 1. The molecule has 1 aromatic carbocycles. The van der Waals surface area contributed by atoms with Crippen LogP contribution in [0.3, 0.4) is 0 Å². The van der Waals surface area contributed by atoms with Crippen molar-refractivity contribution in [1.82, 2.24) is 4.90 Å². The van der Waals surface area contributed by atoms with E-state index >= 15 is 0 Å². The lowest BCUT2D eigenvalue weighted by atomic mass is 10.1. The molecule has 0 spiro atoms. The van der Waals surface area contributed by atoms with E-state index in [4.69, 9.17) is 9.47 Å². The fraction of sp³-hybridized carbons (Fsp3) is 0.571. The maximum atomic E-state index is 9.56. The molecule has 0 radical (unpaired) electrons. The molecule has 1 fully saturated rings. The van der Waals surface area contributed by atoms with Gasteiger partial charge < -0.3 is 19.7 Å². The van der Waals surface area contributed by atoms with E-state index in [1.54, 1.807) is 14.2 Å². The van der Waals surface area contributed by atoms with Crippen molar-refractivity contribution in [3.63, 3.8) is 0 Å². The minimum absolute atomic E-state index is 0.495. The first-order valence-corrected chi connectivity index (χ1v) is 6.35. The van der Waals surface area contributed by atoms with Crippen molar-refractivity contribution in [3.8, 4) is 11.5 Å². The first-order chi connectivity index (χ1) is 9.05. The van der Waals surface area contributed by atoms with E-state index in [0.717, 1.165) is 11.1 Å². The molecule has 19 heavy (non-hydrogen) atoms. The molecular formula is C14H21NO4. The lowest BCUT2D eigenvalue weighted by molar-refractivity contribution is 0.0572. The molecule has 1 saturated heterocycles. The molecule has 0 bridgehead atoms. The number of aliphatic hydroxyl groups is 2. The van der Waals surface area contributed by atoms with E-state index < -0.39 is 12.2 Å². The van der Waals surface area contributed by atoms with Crippen LogP contribution in [0.4, 0.5) is 0 Å². The molecule has 0 aromatic heterocycles. The molecule has 1 heterocycles. The maximum absolute atomic E-state index is 9.56. The van der Waals surface area contributed by atoms with Crippen LogP contribution in [0.25, 0.3) is 0 Å². The zero-order valence-electron chi connectivity index (χ0n) is 11.6. The van der Waals surface area contributed by atoms with Gasteiger partial charge in [-0.3, -0.25) is 4.90 Å². The standard InChI is InChI=1S/C14H21NO4/c1-9-4-13(18-2)14(19-3)5-10(9)6-15-7-11(16)12(17)8-15/h4-5,11-12,16-17H,6-8H2,1-3H3/t11-,12+. The van der Waals surface area contributed by atoms with Gasteiger partial charge in [0.15, 0.2) is 11.5 Å². The lowest BCUT2D eigenvalue weighted by Crippen LogP contribution is -2.22. The zero-order valence-corrected chi connectivity index (χ0v) is 11.6. The number of ether oxygens (including phenoxy) is 2. The van der Waals surface area contributed by atoms with E-state index in [2.05, 4.69) is 0 Å². The smallest absolute Gasteiger partial charge is 0.161 e. The molecule has 2 rings (SSSR count). The van der Waals surface area contributed by atoms with E-state index in [0.29, 0.717) is 31.1 Å². The largest absolute Gasteiger partial charge is 0.493 e. The van der Waals surface area contributed by atoms with Crippen molar-refractivity contribution in [2.24, 2.45) is 0 Å². The number of aliphatic hydroxyl groups excluding tert-OH is 2. The van der Waals surface area contributed by atoms with Gasteiger partial charge in [-0.2, -0.15) is 0 Å². The van der Waals surface area contributed by atoms with Gasteiger partial charge in [-0.25, -0.2) is 0 Å². The summed E-state index contributed by atoms with van der Waals surface area (Å²) < 4.78 is 10.6. The van der Waals surface area contributed by atoms with Crippen LogP contribution in [-0.4, -0.2) is 54.6 Å². The molecule has 2 atom stereocenters. The molecule has 0 aliphatic carbocycles. The predicted molar refractivity (Wildman–Crippen MR) is 71.6 cm³/mol. The Morgan fingerprint density at radius 2 is 1.63 bits per heavy atom. The van der Waals surface area contributed by atoms with Crippen LogP contribution in [0.2, 0.25) is 0 Å². The van der Waals surface area contributed by atoms with Crippen LogP contribution < -0.4 is 9.47 Å². The maximum Gasteiger partial charge on any atom is 0.161 e. The van der Waals surface area contributed by atoms with Gasteiger partial charge in [-0.1, -0.05) is 0 Å². The zero-order chi connectivity index (χ0) is 14.0. The average Bonchev–Trinajstić information content (AvgIpc) is 2.70. The first kappa shape index (κ1) is 14.1. The van der Waals surface area contributed by atoms with Crippen LogP contribution >= 0.6 is 0 Å². The van der Waals surface area contributed by atoms with Gasteiger partial charge in [0, 0.05) is 19.6 Å². The van der Waals surface area contributed by atoms with Crippen molar-refractivity contribution in [1.29, 1.82) is 0 Å². The summed E-state index contributed by atoms with van der Waals surface area (Å²) in [5.41, 5.74) is 2.22. The molecule has 0 saturated carbocycles. The predicted octanol–water partition coefficient (Wildman–Crippen LogP) is 0.550. The Labute approximate surface area is 113 Å². The molecule has 5 heteroatoms. The number of β-amino-alcohol motifs (C(OH)–C–C–N with tert-alkyl or cyclic N) is 2. The monoisotopic (exact) mass is 267 g/mol. The number of methoxy groups -OCH3 is 2. The highest BCUT2D eigenvalue weighted by atomic mass is 16.5. The quantitative estimate of drug-likeness (QED) is 0.834. The van der Waals surface area contributed by atoms with Gasteiger partial charge in [0.2, 0.25) is 0 Å². The highest BCUT2D eigenvalue weighted by Gasteiger charge is 2.29. The number of benzene rings is 1. The second-order valence-corrected chi connectivity index (χ2v) is 4.96. The van der Waals surface area contributed by atoms with Gasteiger partial charge in [0.1, 0.15) is 0 Å². The minimum Gasteiger partial charge on any atom is -0.493 e. The van der Waals surface area contributed by atoms with Crippen molar-refractivity contribution in [3.05, 3.63) is 23.3 Å². The van der Waals surface area contributed by atoms with E-state index in [1.165, 1.54) is 0 Å². The SMILES string of the molecule is COc1cc(C)c(CN2C[C@@H](O)[C@@H](O)C2)cc1OC. The Morgan fingerprint density at radius 3 is 2.16 bits per heavy atom. The van der Waals surface area contributed by atoms with Crippen molar-refractivity contribution in [2.45, 2.75) is 25.7 Å². The third-order valence-corrected chi connectivity index (χ3v) is 3.57. The van der Waals surface area contributed by atoms with Gasteiger partial charge in [-0.15, -0.1) is 0 Å². The molecule has 5 nitrogen and oxygen atoms in total. The number of likely N-dealkylation sites (tertiary alicyclic amines) is 1. The summed E-state index contributed by atoms with van der Waals surface area (Å²) in [6, 6.07) is 3.89. The molecule has 1 aliphatic heterocycles. The third-order valence-electron chi connectivity index (χ3n) is 3.57. The molecular weight excluding hydrogens is 246 g/mol. The summed E-state index contributed by atoms with van der Waals surface area (Å²) in [5, 5.41) is 19.1. The summed E-state index contributed by atoms with van der Waals surface area (Å²) in [5.74, 6) is 1.41. The topological polar surface area (TPSA) is 62.2 Å². The van der Waals surface area contributed by atoms with Crippen molar-refractivity contribution < 1.29 is 19.7 Å². The number of rotatable bonds is 4. The summed E-state index contributed by atoms with van der Waals surface area (Å²) in [7, 11) is 3.23. The van der Waals surface area contributed by atoms with Crippen LogP contribution in [0.15, 0.2) is 12.1 Å². The Balaban J connectivity index is 2.16. The molecule has 2 N–H and O–H groups in total. The lowest BCUT2D eigenvalue weighted by Gasteiger charge is -2.18. The van der Waals surface area contributed by atoms with Crippen LogP contribution in [0.1, 0.15) is 11.1 Å². The van der Waals surface area contributed by atoms with Crippen molar-refractivity contribution in [2.75, 3.05) is 27.3 Å². The number of hydrogen-bond acceptors (Lipinski definition) is 5. The minimum atomic E-state index is -0.652. The fourth-order valence-corrected chi connectivity index (χ4v) is 2.41. The van der Waals surface area contributed by atoms with Crippen LogP contribution in [-0.2, 0) is 6.54 Å². The van der Waals surface area contributed by atoms with Gasteiger partial charge in [0.05, 0.1) is 26.4 Å². The highest BCUT2D eigenvalue weighted by molar-refractivity contribution is 5.47. The molecule has 1 aromatic rings. The van der Waals surface area contributed by atoms with Crippen LogP contribution in [0, 0.1) is 6.92 Å². The molecule has 0 amide bonds. The van der Waals surface area contributed by atoms with Gasteiger partial charge >= 0.3 is 0 Å². The second-order valence-electron chi connectivity index (χ2n) is 4.96. The Bertz CT molecular complexity index is 439. The van der Waals surface area contributed by atoms with E-state index in [9.17, 15) is 10.2 Å². The summed E-state index contributed by atoms with van der Waals surface area (Å²) >= 11 is 0. The molecule has 1 aliphatic rings. The molecule has 106 valence electrons. The summed E-state index contributed by atoms with van der Waals surface area (Å²) in [6.45, 7) is 3.68. The molecule has 0 unspecified atom stereocenters. The Hall–Kier alpha value is -1.30. The fourth-order valence-electron chi connectivity index (χ4n) is 2.41. The Morgan fingerprint density at radius 1 is 1.11 bits per heavy atom.